The normalized spacial score (nSPS) is 12.8. The molecule has 2 atom stereocenters. The number of allylic oxidation sites excluding steroid dienone is 1. The lowest BCUT2D eigenvalue weighted by Crippen LogP contribution is -2.45. The average Bonchev–Trinajstić information content (AvgIpc) is 3.28. The van der Waals surface area contributed by atoms with Gasteiger partial charge in [0, 0.05) is 6.42 Å². The lowest BCUT2D eigenvalue weighted by Gasteiger charge is -2.20. The second-order valence-corrected chi connectivity index (χ2v) is 20.1. The van der Waals surface area contributed by atoms with Crippen LogP contribution in [-0.4, -0.2) is 34.9 Å². The van der Waals surface area contributed by atoms with E-state index in [0.29, 0.717) is 6.42 Å². The van der Waals surface area contributed by atoms with Gasteiger partial charge in [0.1, 0.15) is 0 Å². The highest BCUT2D eigenvalue weighted by molar-refractivity contribution is 5.76. The molecule has 0 saturated carbocycles. The van der Waals surface area contributed by atoms with E-state index in [1.165, 1.54) is 289 Å². The Kier molecular flexibility index (Phi) is 53.7. The molecule has 0 aliphatic rings. The molecule has 62 heavy (non-hydrogen) atoms. The van der Waals surface area contributed by atoms with Gasteiger partial charge < -0.3 is 15.5 Å². The Bertz CT molecular complexity index is 860. The van der Waals surface area contributed by atoms with Crippen molar-refractivity contribution < 1.29 is 15.0 Å². The van der Waals surface area contributed by atoms with Gasteiger partial charge >= 0.3 is 0 Å². The van der Waals surface area contributed by atoms with E-state index in [2.05, 4.69) is 19.2 Å². The zero-order chi connectivity index (χ0) is 44.9. The summed E-state index contributed by atoms with van der Waals surface area (Å²) < 4.78 is 0. The predicted octanol–water partition coefficient (Wildman–Crippen LogP) is 18.9. The topological polar surface area (TPSA) is 69.6 Å². The van der Waals surface area contributed by atoms with E-state index in [1.807, 2.05) is 6.08 Å². The summed E-state index contributed by atoms with van der Waals surface area (Å²) in [7, 11) is 0. The number of aliphatic hydroxyl groups excluding tert-OH is 2. The van der Waals surface area contributed by atoms with Gasteiger partial charge in [0.2, 0.25) is 5.91 Å². The highest BCUT2D eigenvalue weighted by Crippen LogP contribution is 2.18. The van der Waals surface area contributed by atoms with Crippen LogP contribution in [0.25, 0.3) is 0 Å². The van der Waals surface area contributed by atoms with Gasteiger partial charge in [-0.25, -0.2) is 0 Å². The number of aliphatic hydroxyl groups is 2. The quantitative estimate of drug-likeness (QED) is 0.0421. The lowest BCUT2D eigenvalue weighted by atomic mass is 10.0. The summed E-state index contributed by atoms with van der Waals surface area (Å²) in [6, 6.07) is -0.617. The first-order valence-corrected chi connectivity index (χ1v) is 28.9. The standard InChI is InChI=1S/C58H115NO3/c1-3-5-7-9-11-13-15-17-19-21-22-23-24-25-26-27-28-29-30-31-32-33-34-35-36-37-38-40-42-44-46-48-50-52-54-58(62)59-56(55-60)57(61)53-51-49-47-45-43-41-39-20-18-16-14-12-10-8-6-4-2/h51,53,56-57,60-61H,3-50,52,54-55H2,1-2H3,(H,59,62)/b53-51+. The minimum atomic E-state index is -0.835. The summed E-state index contributed by atoms with van der Waals surface area (Å²) in [5, 5.41) is 23.1. The molecule has 0 fully saturated rings. The molecule has 0 aliphatic carbocycles. The van der Waals surface area contributed by atoms with Crippen LogP contribution in [0.1, 0.15) is 335 Å². The lowest BCUT2D eigenvalue weighted by molar-refractivity contribution is -0.123. The molecule has 4 heteroatoms. The van der Waals surface area contributed by atoms with Gasteiger partial charge in [-0.15, -0.1) is 0 Å². The fraction of sp³-hybridized carbons (Fsp3) is 0.948. The van der Waals surface area contributed by atoms with Crippen molar-refractivity contribution in [2.75, 3.05) is 6.61 Å². The number of carbonyl (C=O) groups is 1. The summed E-state index contributed by atoms with van der Waals surface area (Å²) in [5.74, 6) is -0.0561. The summed E-state index contributed by atoms with van der Waals surface area (Å²) in [4.78, 5) is 12.5. The molecule has 0 heterocycles. The molecule has 2 unspecified atom stereocenters. The minimum Gasteiger partial charge on any atom is -0.394 e. The number of hydrogen-bond acceptors (Lipinski definition) is 3. The van der Waals surface area contributed by atoms with E-state index in [4.69, 9.17) is 0 Å². The van der Waals surface area contributed by atoms with Crippen molar-refractivity contribution in [1.82, 2.24) is 5.32 Å². The maximum absolute atomic E-state index is 12.5. The van der Waals surface area contributed by atoms with Gasteiger partial charge in [0.15, 0.2) is 0 Å². The first kappa shape index (κ1) is 61.1. The van der Waals surface area contributed by atoms with Crippen molar-refractivity contribution in [3.8, 4) is 0 Å². The first-order chi connectivity index (χ1) is 30.7. The van der Waals surface area contributed by atoms with Crippen LogP contribution in [0.2, 0.25) is 0 Å². The second-order valence-electron chi connectivity index (χ2n) is 20.1. The molecule has 0 rings (SSSR count). The summed E-state index contributed by atoms with van der Waals surface area (Å²) in [6.07, 6.45) is 71.1. The molecule has 0 aromatic rings. The van der Waals surface area contributed by atoms with E-state index < -0.39 is 12.1 Å². The molecule has 1 amide bonds. The SMILES string of the molecule is CCCCCCCCCCCCCCCC/C=C/C(O)C(CO)NC(=O)CCCCCCCCCCCCCCCCCCCCCCCCCCCCCCCCCCCC. The summed E-state index contributed by atoms with van der Waals surface area (Å²) >= 11 is 0. The molecular formula is C58H115NO3. The van der Waals surface area contributed by atoms with E-state index in [1.54, 1.807) is 6.08 Å². The molecule has 0 spiro atoms. The van der Waals surface area contributed by atoms with Crippen LogP contribution in [0, 0.1) is 0 Å². The number of hydrogen-bond donors (Lipinski definition) is 3. The van der Waals surface area contributed by atoms with Crippen molar-refractivity contribution in [2.24, 2.45) is 0 Å². The van der Waals surface area contributed by atoms with Crippen LogP contribution in [-0.2, 0) is 4.79 Å². The molecular weight excluding hydrogens is 759 g/mol. The van der Waals surface area contributed by atoms with E-state index in [0.717, 1.165) is 25.7 Å². The Balaban J connectivity index is 3.38. The van der Waals surface area contributed by atoms with Gasteiger partial charge in [-0.05, 0) is 19.3 Å². The maximum atomic E-state index is 12.5. The van der Waals surface area contributed by atoms with E-state index in [-0.39, 0.29) is 12.5 Å². The summed E-state index contributed by atoms with van der Waals surface area (Å²) in [5.41, 5.74) is 0. The molecule has 0 aromatic heterocycles. The largest absolute Gasteiger partial charge is 0.394 e. The Labute approximate surface area is 390 Å². The van der Waals surface area contributed by atoms with Crippen LogP contribution in [0.15, 0.2) is 12.2 Å². The number of unbranched alkanes of at least 4 members (excludes halogenated alkanes) is 47. The van der Waals surface area contributed by atoms with Gasteiger partial charge in [0.25, 0.3) is 0 Å². The molecule has 0 radical (unpaired) electrons. The smallest absolute Gasteiger partial charge is 0.220 e. The molecule has 3 N–H and O–H groups in total. The predicted molar refractivity (Wildman–Crippen MR) is 276 cm³/mol. The monoisotopic (exact) mass is 874 g/mol. The fourth-order valence-electron chi connectivity index (χ4n) is 9.36. The van der Waals surface area contributed by atoms with Crippen molar-refractivity contribution >= 4 is 5.91 Å². The van der Waals surface area contributed by atoms with Crippen LogP contribution < -0.4 is 5.32 Å². The van der Waals surface area contributed by atoms with Gasteiger partial charge in [-0.1, -0.05) is 321 Å². The van der Waals surface area contributed by atoms with Crippen LogP contribution in [0.5, 0.6) is 0 Å². The molecule has 0 aromatic carbocycles. The van der Waals surface area contributed by atoms with Crippen molar-refractivity contribution in [1.29, 1.82) is 0 Å². The molecule has 4 nitrogen and oxygen atoms in total. The van der Waals surface area contributed by atoms with Crippen molar-refractivity contribution in [3.05, 3.63) is 12.2 Å². The highest BCUT2D eigenvalue weighted by Gasteiger charge is 2.18. The third-order valence-corrected chi connectivity index (χ3v) is 13.8. The number of carbonyl (C=O) groups excluding carboxylic acids is 1. The zero-order valence-electron chi connectivity index (χ0n) is 42.7. The first-order valence-electron chi connectivity index (χ1n) is 28.9. The molecule has 0 saturated heterocycles. The fourth-order valence-corrected chi connectivity index (χ4v) is 9.36. The van der Waals surface area contributed by atoms with Gasteiger partial charge in [-0.2, -0.15) is 0 Å². The average molecular weight is 875 g/mol. The Morgan fingerprint density at radius 1 is 0.371 bits per heavy atom. The highest BCUT2D eigenvalue weighted by atomic mass is 16.3. The van der Waals surface area contributed by atoms with E-state index in [9.17, 15) is 15.0 Å². The Hall–Kier alpha value is -0.870. The van der Waals surface area contributed by atoms with Crippen LogP contribution in [0.3, 0.4) is 0 Å². The van der Waals surface area contributed by atoms with Crippen LogP contribution in [0.4, 0.5) is 0 Å². The molecule has 0 aliphatic heterocycles. The third kappa shape index (κ3) is 50.1. The van der Waals surface area contributed by atoms with Gasteiger partial charge in [0.05, 0.1) is 18.8 Å². The van der Waals surface area contributed by atoms with Crippen molar-refractivity contribution in [2.45, 2.75) is 347 Å². The maximum Gasteiger partial charge on any atom is 0.220 e. The number of nitrogens with one attached hydrogen (secondary N) is 1. The summed E-state index contributed by atoms with van der Waals surface area (Å²) in [6.45, 7) is 4.35. The molecule has 0 bridgehead atoms. The molecule has 370 valence electrons. The Morgan fingerprint density at radius 2 is 0.597 bits per heavy atom. The van der Waals surface area contributed by atoms with Crippen molar-refractivity contribution in [3.63, 3.8) is 0 Å². The minimum absolute atomic E-state index is 0.0561. The van der Waals surface area contributed by atoms with E-state index >= 15 is 0 Å². The van der Waals surface area contributed by atoms with Gasteiger partial charge in [-0.3, -0.25) is 4.79 Å². The number of amides is 1. The zero-order valence-corrected chi connectivity index (χ0v) is 42.7. The third-order valence-electron chi connectivity index (χ3n) is 13.8. The second kappa shape index (κ2) is 54.5. The Morgan fingerprint density at radius 3 is 0.839 bits per heavy atom. The van der Waals surface area contributed by atoms with Crippen LogP contribution >= 0.6 is 0 Å². The number of rotatable bonds is 54.